The molecule has 116 valence electrons. The third-order valence-corrected chi connectivity index (χ3v) is 3.57. The molecule has 0 aromatic rings. The maximum Gasteiger partial charge on any atom is 0.239 e. The number of carbonyl (C=O) groups is 2. The van der Waals surface area contributed by atoms with Crippen molar-refractivity contribution in [3.05, 3.63) is 0 Å². The Kier molecular flexibility index (Phi) is 6.46. The fraction of sp³-hybridized carbons (Fsp3) is 0.867. The van der Waals surface area contributed by atoms with Crippen molar-refractivity contribution in [3.63, 3.8) is 0 Å². The van der Waals surface area contributed by atoms with Crippen molar-refractivity contribution in [2.45, 2.75) is 46.6 Å². The van der Waals surface area contributed by atoms with Crippen molar-refractivity contribution in [3.8, 4) is 0 Å². The van der Waals surface area contributed by atoms with Crippen molar-refractivity contribution in [1.29, 1.82) is 0 Å². The SMILES string of the molecule is CC(C)CC(=O)N1CCN(C(=O)C(N)CC(C)C)CC1. The van der Waals surface area contributed by atoms with Crippen molar-refractivity contribution in [2.75, 3.05) is 26.2 Å². The number of hydrogen-bond donors (Lipinski definition) is 1. The summed E-state index contributed by atoms with van der Waals surface area (Å²) in [6, 6.07) is -0.409. The molecule has 1 fully saturated rings. The Morgan fingerprint density at radius 3 is 1.90 bits per heavy atom. The molecule has 1 atom stereocenters. The predicted molar refractivity (Wildman–Crippen MR) is 80.0 cm³/mol. The van der Waals surface area contributed by atoms with E-state index in [2.05, 4.69) is 13.8 Å². The average Bonchev–Trinajstić information content (AvgIpc) is 2.36. The Labute approximate surface area is 122 Å². The lowest BCUT2D eigenvalue weighted by Crippen LogP contribution is -2.54. The van der Waals surface area contributed by atoms with E-state index in [-0.39, 0.29) is 11.8 Å². The monoisotopic (exact) mass is 283 g/mol. The number of nitrogens with zero attached hydrogens (tertiary/aromatic N) is 2. The summed E-state index contributed by atoms with van der Waals surface area (Å²) in [5, 5.41) is 0. The van der Waals surface area contributed by atoms with Gasteiger partial charge in [0.15, 0.2) is 0 Å². The Hall–Kier alpha value is -1.10. The van der Waals surface area contributed by atoms with E-state index >= 15 is 0 Å². The molecular weight excluding hydrogens is 254 g/mol. The Bertz CT molecular complexity index is 334. The van der Waals surface area contributed by atoms with Crippen LogP contribution in [0.4, 0.5) is 0 Å². The minimum atomic E-state index is -0.409. The highest BCUT2D eigenvalue weighted by Crippen LogP contribution is 2.11. The van der Waals surface area contributed by atoms with Crippen LogP contribution in [0, 0.1) is 11.8 Å². The number of nitrogens with two attached hydrogens (primary N) is 1. The minimum Gasteiger partial charge on any atom is -0.339 e. The molecule has 5 heteroatoms. The van der Waals surface area contributed by atoms with Gasteiger partial charge in [0.1, 0.15) is 0 Å². The zero-order valence-corrected chi connectivity index (χ0v) is 13.3. The summed E-state index contributed by atoms with van der Waals surface area (Å²) in [4.78, 5) is 27.8. The number of carbonyl (C=O) groups excluding carboxylic acids is 2. The van der Waals surface area contributed by atoms with Gasteiger partial charge in [-0.25, -0.2) is 0 Å². The van der Waals surface area contributed by atoms with E-state index in [1.807, 2.05) is 18.7 Å². The van der Waals surface area contributed by atoms with E-state index in [1.54, 1.807) is 4.90 Å². The van der Waals surface area contributed by atoms with Crippen LogP contribution in [0.3, 0.4) is 0 Å². The lowest BCUT2D eigenvalue weighted by Gasteiger charge is -2.36. The Balaban J connectivity index is 2.41. The molecule has 0 bridgehead atoms. The van der Waals surface area contributed by atoms with Crippen LogP contribution in [0.15, 0.2) is 0 Å². The van der Waals surface area contributed by atoms with E-state index in [0.29, 0.717) is 50.9 Å². The van der Waals surface area contributed by atoms with Gasteiger partial charge in [-0.2, -0.15) is 0 Å². The molecule has 5 nitrogen and oxygen atoms in total. The summed E-state index contributed by atoms with van der Waals surface area (Å²) < 4.78 is 0. The van der Waals surface area contributed by atoms with Gasteiger partial charge >= 0.3 is 0 Å². The van der Waals surface area contributed by atoms with Gasteiger partial charge in [0, 0.05) is 32.6 Å². The lowest BCUT2D eigenvalue weighted by molar-refractivity contribution is -0.140. The molecule has 1 aliphatic rings. The van der Waals surface area contributed by atoms with E-state index in [0.717, 1.165) is 0 Å². The van der Waals surface area contributed by atoms with Crippen molar-refractivity contribution < 1.29 is 9.59 Å². The maximum atomic E-state index is 12.2. The molecule has 0 aromatic carbocycles. The molecule has 0 saturated carbocycles. The van der Waals surface area contributed by atoms with E-state index in [1.165, 1.54) is 0 Å². The third kappa shape index (κ3) is 5.12. The third-order valence-electron chi connectivity index (χ3n) is 3.57. The Morgan fingerprint density at radius 2 is 1.45 bits per heavy atom. The first-order valence-electron chi connectivity index (χ1n) is 7.63. The molecule has 2 amide bonds. The van der Waals surface area contributed by atoms with Crippen LogP contribution in [-0.4, -0.2) is 53.8 Å². The smallest absolute Gasteiger partial charge is 0.239 e. The van der Waals surface area contributed by atoms with Crippen LogP contribution in [0.5, 0.6) is 0 Å². The summed E-state index contributed by atoms with van der Waals surface area (Å²) in [6.45, 7) is 10.7. The lowest BCUT2D eigenvalue weighted by atomic mass is 10.0. The maximum absolute atomic E-state index is 12.2. The highest BCUT2D eigenvalue weighted by atomic mass is 16.2. The van der Waals surface area contributed by atoms with Gasteiger partial charge in [0.05, 0.1) is 6.04 Å². The number of amides is 2. The molecule has 2 N–H and O–H groups in total. The van der Waals surface area contributed by atoms with Gasteiger partial charge in [-0.1, -0.05) is 27.7 Å². The second-order valence-corrected chi connectivity index (χ2v) is 6.54. The molecule has 0 radical (unpaired) electrons. The van der Waals surface area contributed by atoms with Crippen LogP contribution in [0.2, 0.25) is 0 Å². The molecule has 0 aromatic heterocycles. The van der Waals surface area contributed by atoms with Crippen LogP contribution < -0.4 is 5.73 Å². The van der Waals surface area contributed by atoms with E-state index < -0.39 is 6.04 Å². The fourth-order valence-electron chi connectivity index (χ4n) is 2.50. The van der Waals surface area contributed by atoms with Crippen molar-refractivity contribution in [2.24, 2.45) is 17.6 Å². The first-order chi connectivity index (χ1) is 9.31. The molecule has 1 saturated heterocycles. The van der Waals surface area contributed by atoms with Crippen LogP contribution in [0.1, 0.15) is 40.5 Å². The first kappa shape index (κ1) is 17.0. The molecule has 0 aliphatic carbocycles. The fourth-order valence-corrected chi connectivity index (χ4v) is 2.50. The van der Waals surface area contributed by atoms with Gasteiger partial charge in [0.2, 0.25) is 11.8 Å². The summed E-state index contributed by atoms with van der Waals surface area (Å²) >= 11 is 0. The first-order valence-corrected chi connectivity index (χ1v) is 7.63. The average molecular weight is 283 g/mol. The summed E-state index contributed by atoms with van der Waals surface area (Å²) in [5.41, 5.74) is 5.94. The molecule has 0 spiro atoms. The van der Waals surface area contributed by atoms with Crippen molar-refractivity contribution >= 4 is 11.8 Å². The van der Waals surface area contributed by atoms with Gasteiger partial charge in [-0.3, -0.25) is 9.59 Å². The molecule has 1 unspecified atom stereocenters. The molecule has 1 rings (SSSR count). The molecule has 1 aliphatic heterocycles. The second kappa shape index (κ2) is 7.62. The summed E-state index contributed by atoms with van der Waals surface area (Å²) in [6.07, 6.45) is 1.30. The van der Waals surface area contributed by atoms with Gasteiger partial charge in [-0.15, -0.1) is 0 Å². The second-order valence-electron chi connectivity index (χ2n) is 6.54. The highest BCUT2D eigenvalue weighted by Gasteiger charge is 2.27. The minimum absolute atomic E-state index is 0.0228. The van der Waals surface area contributed by atoms with Crippen molar-refractivity contribution in [1.82, 2.24) is 9.80 Å². The number of hydrogen-bond acceptors (Lipinski definition) is 3. The summed E-state index contributed by atoms with van der Waals surface area (Å²) in [5.74, 6) is 1.01. The standard InChI is InChI=1S/C15H29N3O2/c1-11(2)9-13(16)15(20)18-7-5-17(6-8-18)14(19)10-12(3)4/h11-13H,5-10,16H2,1-4H3. The predicted octanol–water partition coefficient (Wildman–Crippen LogP) is 1.08. The van der Waals surface area contributed by atoms with Gasteiger partial charge < -0.3 is 15.5 Å². The molecule has 20 heavy (non-hydrogen) atoms. The molecule has 1 heterocycles. The normalized spacial score (nSPS) is 17.8. The van der Waals surface area contributed by atoms with Gasteiger partial charge in [0.25, 0.3) is 0 Å². The number of rotatable bonds is 5. The van der Waals surface area contributed by atoms with Crippen LogP contribution >= 0.6 is 0 Å². The topological polar surface area (TPSA) is 66.6 Å². The molecular formula is C15H29N3O2. The zero-order valence-electron chi connectivity index (χ0n) is 13.3. The summed E-state index contributed by atoms with van der Waals surface area (Å²) in [7, 11) is 0. The quantitative estimate of drug-likeness (QED) is 0.821. The number of piperazine rings is 1. The largest absolute Gasteiger partial charge is 0.339 e. The highest BCUT2D eigenvalue weighted by molar-refractivity contribution is 5.82. The van der Waals surface area contributed by atoms with Gasteiger partial charge in [-0.05, 0) is 18.3 Å². The van der Waals surface area contributed by atoms with E-state index in [4.69, 9.17) is 5.73 Å². The zero-order chi connectivity index (χ0) is 15.3. The van der Waals surface area contributed by atoms with Crippen LogP contribution in [0.25, 0.3) is 0 Å². The Morgan fingerprint density at radius 1 is 0.950 bits per heavy atom. The van der Waals surface area contributed by atoms with Crippen LogP contribution in [-0.2, 0) is 9.59 Å². The van der Waals surface area contributed by atoms with E-state index in [9.17, 15) is 9.59 Å².